The highest BCUT2D eigenvalue weighted by molar-refractivity contribution is 6.30. The molecule has 0 unspecified atom stereocenters. The maximum atomic E-state index is 13.9. The largest absolute Gasteiger partial charge is 0.489 e. The van der Waals surface area contributed by atoms with Crippen LogP contribution in [0.5, 0.6) is 5.75 Å². The van der Waals surface area contributed by atoms with Gasteiger partial charge in [-0.2, -0.15) is 0 Å². The van der Waals surface area contributed by atoms with E-state index in [9.17, 15) is 9.59 Å². The van der Waals surface area contributed by atoms with Crippen LogP contribution in [0.15, 0.2) is 48.5 Å². The van der Waals surface area contributed by atoms with Gasteiger partial charge in [-0.25, -0.2) is 4.79 Å². The van der Waals surface area contributed by atoms with E-state index in [4.69, 9.17) is 25.8 Å². The van der Waals surface area contributed by atoms with Crippen LogP contribution < -0.4 is 10.1 Å². The fourth-order valence-corrected chi connectivity index (χ4v) is 5.51. The summed E-state index contributed by atoms with van der Waals surface area (Å²) in [7, 11) is 1.37. The summed E-state index contributed by atoms with van der Waals surface area (Å²) in [6.45, 7) is 2.59. The van der Waals surface area contributed by atoms with Crippen molar-refractivity contribution in [2.24, 2.45) is 0 Å². The minimum absolute atomic E-state index is 0.00161. The lowest BCUT2D eigenvalue weighted by atomic mass is 9.86. The molecule has 2 aliphatic heterocycles. The highest BCUT2D eigenvalue weighted by Crippen LogP contribution is 2.46. The molecule has 3 aliphatic rings. The molecular formula is C27H31ClN2O5. The van der Waals surface area contributed by atoms with E-state index in [2.05, 4.69) is 10.2 Å². The molecule has 5 rings (SSSR count). The summed E-state index contributed by atoms with van der Waals surface area (Å²) in [4.78, 5) is 28.0. The Bertz CT molecular complexity index is 1080. The molecule has 3 fully saturated rings. The third kappa shape index (κ3) is 4.90. The van der Waals surface area contributed by atoms with Crippen LogP contribution in [0.25, 0.3) is 0 Å². The van der Waals surface area contributed by atoms with Crippen LogP contribution in [0.4, 0.5) is 0 Å². The SMILES string of the molecule is COC(=O)c1ccc(C2(NC(=O)C3(N4CC[C@@H](Oc5cccc(Cl)c5)C4)CCOCC3)CC2)cc1. The van der Waals surface area contributed by atoms with E-state index >= 15 is 0 Å². The monoisotopic (exact) mass is 498 g/mol. The number of rotatable bonds is 7. The maximum absolute atomic E-state index is 13.9. The number of nitrogens with zero attached hydrogens (tertiary/aromatic N) is 1. The highest BCUT2D eigenvalue weighted by Gasteiger charge is 2.53. The second-order valence-corrected chi connectivity index (χ2v) is 10.1. The number of carbonyl (C=O) groups excluding carboxylic acids is 2. The van der Waals surface area contributed by atoms with Gasteiger partial charge in [0.2, 0.25) is 5.91 Å². The first-order valence-corrected chi connectivity index (χ1v) is 12.6. The molecule has 0 bridgehead atoms. The third-order valence-corrected chi connectivity index (χ3v) is 7.79. The number of amides is 1. The number of likely N-dealkylation sites (tertiary alicyclic amines) is 1. The molecule has 2 heterocycles. The molecule has 1 aliphatic carbocycles. The van der Waals surface area contributed by atoms with Crippen molar-refractivity contribution in [2.45, 2.75) is 49.3 Å². The zero-order chi connectivity index (χ0) is 24.5. The number of methoxy groups -OCH3 is 1. The van der Waals surface area contributed by atoms with E-state index in [-0.39, 0.29) is 23.5 Å². The Morgan fingerprint density at radius 3 is 2.49 bits per heavy atom. The Balaban J connectivity index is 1.30. The molecule has 8 heteroatoms. The van der Waals surface area contributed by atoms with Crippen molar-refractivity contribution < 1.29 is 23.8 Å². The highest BCUT2D eigenvalue weighted by atomic mass is 35.5. The van der Waals surface area contributed by atoms with Crippen LogP contribution in [0, 0.1) is 0 Å². The number of benzene rings is 2. The van der Waals surface area contributed by atoms with E-state index < -0.39 is 5.54 Å². The second kappa shape index (κ2) is 9.80. The molecule has 0 radical (unpaired) electrons. The maximum Gasteiger partial charge on any atom is 0.337 e. The molecular weight excluding hydrogens is 468 g/mol. The van der Waals surface area contributed by atoms with Gasteiger partial charge in [-0.1, -0.05) is 29.8 Å². The number of nitrogens with one attached hydrogen (secondary N) is 1. The molecule has 1 amide bonds. The van der Waals surface area contributed by atoms with Gasteiger partial charge in [0.25, 0.3) is 0 Å². The first-order valence-electron chi connectivity index (χ1n) is 12.2. The van der Waals surface area contributed by atoms with E-state index in [0.717, 1.165) is 37.1 Å². The van der Waals surface area contributed by atoms with Gasteiger partial charge in [-0.05, 0) is 68.0 Å². The zero-order valence-electron chi connectivity index (χ0n) is 19.9. The Kier molecular flexibility index (Phi) is 6.75. The fourth-order valence-electron chi connectivity index (χ4n) is 5.33. The quantitative estimate of drug-likeness (QED) is 0.583. The van der Waals surface area contributed by atoms with E-state index in [1.807, 2.05) is 36.4 Å². The minimum Gasteiger partial charge on any atom is -0.489 e. The molecule has 35 heavy (non-hydrogen) atoms. The molecule has 1 atom stereocenters. The summed E-state index contributed by atoms with van der Waals surface area (Å²) in [6, 6.07) is 14.8. The first kappa shape index (κ1) is 24.1. The third-order valence-electron chi connectivity index (χ3n) is 7.55. The molecule has 2 aromatic rings. The lowest BCUT2D eigenvalue weighted by Crippen LogP contribution is -2.62. The molecule has 0 aromatic heterocycles. The first-order chi connectivity index (χ1) is 16.9. The molecule has 2 saturated heterocycles. The Morgan fingerprint density at radius 2 is 1.83 bits per heavy atom. The lowest BCUT2D eigenvalue weighted by molar-refractivity contribution is -0.141. The van der Waals surface area contributed by atoms with Gasteiger partial charge in [-0.15, -0.1) is 0 Å². The number of hydrogen-bond donors (Lipinski definition) is 1. The predicted molar refractivity (Wildman–Crippen MR) is 132 cm³/mol. The fraction of sp³-hybridized carbons (Fsp3) is 0.481. The smallest absolute Gasteiger partial charge is 0.337 e. The number of ether oxygens (including phenoxy) is 3. The topological polar surface area (TPSA) is 77.1 Å². The van der Waals surface area contributed by atoms with Crippen molar-refractivity contribution in [2.75, 3.05) is 33.4 Å². The van der Waals surface area contributed by atoms with Crippen LogP contribution in [0.2, 0.25) is 5.02 Å². The van der Waals surface area contributed by atoms with Crippen LogP contribution in [0.1, 0.15) is 48.0 Å². The minimum atomic E-state index is -0.619. The van der Waals surface area contributed by atoms with Crippen molar-refractivity contribution in [3.63, 3.8) is 0 Å². The van der Waals surface area contributed by atoms with Crippen molar-refractivity contribution in [3.05, 3.63) is 64.7 Å². The molecule has 7 nitrogen and oxygen atoms in total. The van der Waals surface area contributed by atoms with Crippen LogP contribution in [-0.4, -0.2) is 61.8 Å². The summed E-state index contributed by atoms with van der Waals surface area (Å²) in [5.41, 5.74) is 0.519. The van der Waals surface area contributed by atoms with Crippen molar-refractivity contribution in [1.29, 1.82) is 0 Å². The summed E-state index contributed by atoms with van der Waals surface area (Å²) < 4.78 is 16.6. The van der Waals surface area contributed by atoms with Crippen molar-refractivity contribution in [3.8, 4) is 5.75 Å². The molecule has 1 saturated carbocycles. The average molecular weight is 499 g/mol. The van der Waals surface area contributed by atoms with Gasteiger partial charge < -0.3 is 19.5 Å². The molecule has 2 aromatic carbocycles. The number of carbonyl (C=O) groups is 2. The Hall–Kier alpha value is -2.61. The number of halogens is 1. The molecule has 186 valence electrons. The van der Waals surface area contributed by atoms with Crippen LogP contribution in [-0.2, 0) is 19.8 Å². The number of hydrogen-bond acceptors (Lipinski definition) is 6. The van der Waals surface area contributed by atoms with E-state index in [1.165, 1.54) is 7.11 Å². The van der Waals surface area contributed by atoms with Gasteiger partial charge in [0.1, 0.15) is 17.4 Å². The summed E-state index contributed by atoms with van der Waals surface area (Å²) in [5.74, 6) is 0.441. The molecule has 0 spiro atoms. The van der Waals surface area contributed by atoms with Gasteiger partial charge >= 0.3 is 5.97 Å². The lowest BCUT2D eigenvalue weighted by Gasteiger charge is -2.43. The molecule has 1 N–H and O–H groups in total. The predicted octanol–water partition coefficient (Wildman–Crippen LogP) is 3.93. The Labute approximate surface area is 210 Å². The second-order valence-electron chi connectivity index (χ2n) is 9.68. The van der Waals surface area contributed by atoms with Crippen molar-refractivity contribution >= 4 is 23.5 Å². The standard InChI is InChI=1S/C27H31ClN2O5/c1-33-24(31)19-5-7-20(8-6-19)26(10-11-26)29-25(32)27(12-15-34-16-13-27)30-14-9-23(18-30)35-22-4-2-3-21(28)17-22/h2-8,17,23H,9-16,18H2,1H3,(H,29,32)/t23-/m1/s1. The van der Waals surface area contributed by atoms with Gasteiger partial charge in [0.05, 0.1) is 18.2 Å². The normalized spacial score (nSPS) is 22.9. The number of esters is 1. The summed E-state index contributed by atoms with van der Waals surface area (Å²) in [6.07, 6.45) is 3.91. The van der Waals surface area contributed by atoms with Gasteiger partial charge in [-0.3, -0.25) is 9.69 Å². The zero-order valence-corrected chi connectivity index (χ0v) is 20.7. The van der Waals surface area contributed by atoms with Crippen LogP contribution in [0.3, 0.4) is 0 Å². The van der Waals surface area contributed by atoms with Crippen LogP contribution >= 0.6 is 11.6 Å². The van der Waals surface area contributed by atoms with E-state index in [1.54, 1.807) is 12.1 Å². The van der Waals surface area contributed by atoms with Gasteiger partial charge in [0, 0.05) is 31.3 Å². The summed E-state index contributed by atoms with van der Waals surface area (Å²) in [5, 5.41) is 4.04. The Morgan fingerprint density at radius 1 is 1.09 bits per heavy atom. The van der Waals surface area contributed by atoms with Crippen molar-refractivity contribution in [1.82, 2.24) is 10.2 Å². The van der Waals surface area contributed by atoms with Gasteiger partial charge in [0.15, 0.2) is 0 Å². The average Bonchev–Trinajstić information content (AvgIpc) is 3.51. The summed E-state index contributed by atoms with van der Waals surface area (Å²) >= 11 is 6.11. The van der Waals surface area contributed by atoms with E-state index in [0.29, 0.717) is 43.2 Å².